The van der Waals surface area contributed by atoms with Crippen LogP contribution in [-0.2, 0) is 11.2 Å². The number of H-pyrrole nitrogens is 1. The second kappa shape index (κ2) is 7.66. The molecule has 1 unspecified atom stereocenters. The van der Waals surface area contributed by atoms with Gasteiger partial charge in [0, 0.05) is 38.2 Å². The van der Waals surface area contributed by atoms with E-state index in [2.05, 4.69) is 21.8 Å². The van der Waals surface area contributed by atoms with Gasteiger partial charge in [0.05, 0.1) is 6.33 Å². The van der Waals surface area contributed by atoms with Crippen molar-refractivity contribution in [1.82, 2.24) is 14.9 Å². The van der Waals surface area contributed by atoms with Gasteiger partial charge in [-0.2, -0.15) is 0 Å². The fourth-order valence-electron chi connectivity index (χ4n) is 4.39. The standard InChI is InChI=1S/C21H26N4O3/c1-14-12-25(9-4-15-2-3-17(26)10-18(14)15)21(28)16-5-7-24(8-6-16)19-11-20(27)23-13-22-19/h2-3,10-11,13-14,16,26H,4-9,12H2,1H3,(H,22,23,27). The number of benzene rings is 1. The monoisotopic (exact) mass is 382 g/mol. The number of rotatable bonds is 2. The first-order valence-electron chi connectivity index (χ1n) is 9.91. The largest absolute Gasteiger partial charge is 0.508 e. The third-order valence-electron chi connectivity index (χ3n) is 5.95. The molecule has 3 heterocycles. The SMILES string of the molecule is CC1CN(C(=O)C2CCN(c3cc(=O)[nH]cn3)CC2)CCc2ccc(O)cc21. The van der Waals surface area contributed by atoms with E-state index >= 15 is 0 Å². The summed E-state index contributed by atoms with van der Waals surface area (Å²) in [7, 11) is 0. The summed E-state index contributed by atoms with van der Waals surface area (Å²) in [6.45, 7) is 4.97. The quantitative estimate of drug-likeness (QED) is 0.828. The number of phenolic OH excluding ortho intramolecular Hbond substituents is 1. The maximum Gasteiger partial charge on any atom is 0.252 e. The Morgan fingerprint density at radius 2 is 2.00 bits per heavy atom. The number of aromatic nitrogens is 2. The van der Waals surface area contributed by atoms with Gasteiger partial charge in [0.1, 0.15) is 11.6 Å². The lowest BCUT2D eigenvalue weighted by atomic mass is 9.94. The predicted octanol–water partition coefficient (Wildman–Crippen LogP) is 1.88. The highest BCUT2D eigenvalue weighted by atomic mass is 16.3. The number of hydrogen-bond acceptors (Lipinski definition) is 5. The first-order chi connectivity index (χ1) is 13.5. The molecule has 1 amide bonds. The molecular weight excluding hydrogens is 356 g/mol. The van der Waals surface area contributed by atoms with Crippen LogP contribution in [0.25, 0.3) is 0 Å². The summed E-state index contributed by atoms with van der Waals surface area (Å²) in [5.74, 6) is 1.40. The maximum absolute atomic E-state index is 13.2. The fourth-order valence-corrected chi connectivity index (χ4v) is 4.39. The summed E-state index contributed by atoms with van der Waals surface area (Å²) in [5, 5.41) is 9.80. The minimum Gasteiger partial charge on any atom is -0.508 e. The molecule has 28 heavy (non-hydrogen) atoms. The van der Waals surface area contributed by atoms with E-state index in [0.717, 1.165) is 44.5 Å². The van der Waals surface area contributed by atoms with Gasteiger partial charge in [-0.1, -0.05) is 13.0 Å². The molecule has 1 saturated heterocycles. The Bertz CT molecular complexity index is 918. The van der Waals surface area contributed by atoms with Crippen LogP contribution in [0.5, 0.6) is 5.75 Å². The van der Waals surface area contributed by atoms with Crippen LogP contribution >= 0.6 is 0 Å². The second-order valence-electron chi connectivity index (χ2n) is 7.85. The third-order valence-corrected chi connectivity index (χ3v) is 5.95. The van der Waals surface area contributed by atoms with Gasteiger partial charge in [0.25, 0.3) is 5.56 Å². The summed E-state index contributed by atoms with van der Waals surface area (Å²) in [4.78, 5) is 35.5. The molecular formula is C21H26N4O3. The number of amides is 1. The van der Waals surface area contributed by atoms with E-state index in [4.69, 9.17) is 0 Å². The van der Waals surface area contributed by atoms with E-state index in [-0.39, 0.29) is 29.1 Å². The lowest BCUT2D eigenvalue weighted by Gasteiger charge is -2.35. The molecule has 2 aliphatic heterocycles. The van der Waals surface area contributed by atoms with E-state index in [0.29, 0.717) is 12.4 Å². The van der Waals surface area contributed by atoms with Crippen molar-refractivity contribution >= 4 is 11.7 Å². The number of fused-ring (bicyclic) bond motifs is 1. The predicted molar refractivity (Wildman–Crippen MR) is 107 cm³/mol. The Morgan fingerprint density at radius 1 is 1.21 bits per heavy atom. The van der Waals surface area contributed by atoms with Crippen molar-refractivity contribution in [3.8, 4) is 5.75 Å². The van der Waals surface area contributed by atoms with Gasteiger partial charge in [0.15, 0.2) is 0 Å². The number of nitrogens with zero attached hydrogens (tertiary/aromatic N) is 3. The molecule has 4 rings (SSSR count). The van der Waals surface area contributed by atoms with Gasteiger partial charge in [-0.15, -0.1) is 0 Å². The molecule has 7 heteroatoms. The van der Waals surface area contributed by atoms with Gasteiger partial charge < -0.3 is 19.9 Å². The highest BCUT2D eigenvalue weighted by molar-refractivity contribution is 5.79. The molecule has 1 fully saturated rings. The summed E-state index contributed by atoms with van der Waals surface area (Å²) < 4.78 is 0. The molecule has 0 aliphatic carbocycles. The minimum absolute atomic E-state index is 0.0139. The Labute approximate surface area is 164 Å². The number of piperidine rings is 1. The van der Waals surface area contributed by atoms with Crippen molar-refractivity contribution in [2.75, 3.05) is 31.1 Å². The number of phenols is 1. The molecule has 2 aromatic rings. The third kappa shape index (κ3) is 3.74. The molecule has 0 radical (unpaired) electrons. The van der Waals surface area contributed by atoms with Crippen molar-refractivity contribution in [2.45, 2.75) is 32.1 Å². The van der Waals surface area contributed by atoms with Crippen molar-refractivity contribution in [3.63, 3.8) is 0 Å². The van der Waals surface area contributed by atoms with Gasteiger partial charge in [-0.25, -0.2) is 4.98 Å². The zero-order valence-electron chi connectivity index (χ0n) is 16.1. The van der Waals surface area contributed by atoms with Crippen LogP contribution < -0.4 is 10.5 Å². The lowest BCUT2D eigenvalue weighted by molar-refractivity contribution is -0.136. The van der Waals surface area contributed by atoms with Crippen LogP contribution in [-0.4, -0.2) is 52.1 Å². The Balaban J connectivity index is 1.40. The molecule has 0 spiro atoms. The molecule has 2 aliphatic rings. The fraction of sp³-hybridized carbons (Fsp3) is 0.476. The second-order valence-corrected chi connectivity index (χ2v) is 7.85. The Hall–Kier alpha value is -2.83. The van der Waals surface area contributed by atoms with Crippen LogP contribution in [0.1, 0.15) is 36.8 Å². The highest BCUT2D eigenvalue weighted by Crippen LogP contribution is 2.30. The zero-order chi connectivity index (χ0) is 19.7. The maximum atomic E-state index is 13.2. The summed E-state index contributed by atoms with van der Waals surface area (Å²) >= 11 is 0. The van der Waals surface area contributed by atoms with Crippen molar-refractivity contribution in [1.29, 1.82) is 0 Å². The van der Waals surface area contributed by atoms with Crippen molar-refractivity contribution in [2.24, 2.45) is 5.92 Å². The molecule has 0 bridgehead atoms. The average molecular weight is 382 g/mol. The summed E-state index contributed by atoms with van der Waals surface area (Å²) in [5.41, 5.74) is 2.20. The number of aromatic amines is 1. The average Bonchev–Trinajstić information content (AvgIpc) is 2.86. The number of carbonyl (C=O) groups is 1. The summed E-state index contributed by atoms with van der Waals surface area (Å²) in [6, 6.07) is 7.04. The van der Waals surface area contributed by atoms with E-state index in [1.54, 1.807) is 6.07 Å². The van der Waals surface area contributed by atoms with Gasteiger partial charge in [-0.05, 0) is 48.4 Å². The topological polar surface area (TPSA) is 89.5 Å². The van der Waals surface area contributed by atoms with Gasteiger partial charge >= 0.3 is 0 Å². The molecule has 0 saturated carbocycles. The van der Waals surface area contributed by atoms with Crippen molar-refractivity contribution in [3.05, 3.63) is 52.1 Å². The first-order valence-corrected chi connectivity index (χ1v) is 9.91. The lowest BCUT2D eigenvalue weighted by Crippen LogP contribution is -2.44. The Kier molecular flexibility index (Phi) is 5.07. The van der Waals surface area contributed by atoms with E-state index in [9.17, 15) is 14.7 Å². The molecule has 7 nitrogen and oxygen atoms in total. The number of nitrogens with one attached hydrogen (secondary N) is 1. The first kappa shape index (κ1) is 18.5. The number of carbonyl (C=O) groups excluding carboxylic acids is 1. The van der Waals surface area contributed by atoms with E-state index in [1.165, 1.54) is 18.0 Å². The van der Waals surface area contributed by atoms with Gasteiger partial charge in [-0.3, -0.25) is 9.59 Å². The molecule has 148 valence electrons. The van der Waals surface area contributed by atoms with Crippen LogP contribution in [0.2, 0.25) is 0 Å². The zero-order valence-corrected chi connectivity index (χ0v) is 16.1. The van der Waals surface area contributed by atoms with Crippen molar-refractivity contribution < 1.29 is 9.90 Å². The Morgan fingerprint density at radius 3 is 2.75 bits per heavy atom. The number of hydrogen-bond donors (Lipinski definition) is 2. The van der Waals surface area contributed by atoms with Crippen LogP contribution in [0.4, 0.5) is 5.82 Å². The minimum atomic E-state index is -0.160. The highest BCUT2D eigenvalue weighted by Gasteiger charge is 2.31. The van der Waals surface area contributed by atoms with Gasteiger partial charge in [0.2, 0.25) is 5.91 Å². The summed E-state index contributed by atoms with van der Waals surface area (Å²) in [6.07, 6.45) is 3.78. The normalized spacial score (nSPS) is 20.5. The van der Waals surface area contributed by atoms with Crippen LogP contribution in [0.3, 0.4) is 0 Å². The number of aromatic hydroxyl groups is 1. The molecule has 2 N–H and O–H groups in total. The molecule has 1 aromatic heterocycles. The number of anilines is 1. The van der Waals surface area contributed by atoms with Crippen LogP contribution in [0, 0.1) is 5.92 Å². The van der Waals surface area contributed by atoms with E-state index in [1.807, 2.05) is 17.0 Å². The van der Waals surface area contributed by atoms with Crippen LogP contribution in [0.15, 0.2) is 35.4 Å². The van der Waals surface area contributed by atoms with E-state index < -0.39 is 0 Å². The molecule has 1 atom stereocenters. The smallest absolute Gasteiger partial charge is 0.252 e. The molecule has 1 aromatic carbocycles.